The molecule has 0 atom stereocenters. The maximum atomic E-state index is 8.82. The molecule has 1 aliphatic rings. The SMILES string of the molecule is Cc1cc(N2CCN(CCCCCO)CC2)n2ncnc2n1. The van der Waals surface area contributed by atoms with E-state index in [9.17, 15) is 0 Å². The largest absolute Gasteiger partial charge is 0.396 e. The molecule has 1 fully saturated rings. The van der Waals surface area contributed by atoms with E-state index in [2.05, 4.69) is 30.9 Å². The molecule has 7 nitrogen and oxygen atoms in total. The first-order valence-electron chi connectivity index (χ1n) is 8.03. The first kappa shape index (κ1) is 15.2. The lowest BCUT2D eigenvalue weighted by Gasteiger charge is -2.36. The van der Waals surface area contributed by atoms with E-state index in [-0.39, 0.29) is 0 Å². The first-order valence-corrected chi connectivity index (χ1v) is 8.03. The van der Waals surface area contributed by atoms with E-state index in [1.807, 2.05) is 11.4 Å². The van der Waals surface area contributed by atoms with Crippen molar-refractivity contribution in [3.05, 3.63) is 18.1 Å². The maximum absolute atomic E-state index is 8.82. The molecule has 0 unspecified atom stereocenters. The number of hydrogen-bond donors (Lipinski definition) is 1. The molecule has 0 aliphatic carbocycles. The molecule has 0 aromatic carbocycles. The Morgan fingerprint density at radius 1 is 1.14 bits per heavy atom. The number of hydrogen-bond acceptors (Lipinski definition) is 6. The van der Waals surface area contributed by atoms with E-state index in [4.69, 9.17) is 5.11 Å². The topological polar surface area (TPSA) is 69.8 Å². The van der Waals surface area contributed by atoms with Crippen molar-refractivity contribution >= 4 is 11.6 Å². The molecule has 7 heteroatoms. The first-order chi connectivity index (χ1) is 10.8. The molecule has 0 spiro atoms. The number of aliphatic hydroxyl groups excluding tert-OH is 1. The highest BCUT2D eigenvalue weighted by molar-refractivity contribution is 5.47. The van der Waals surface area contributed by atoms with Crippen LogP contribution in [0.2, 0.25) is 0 Å². The van der Waals surface area contributed by atoms with Gasteiger partial charge in [0.05, 0.1) is 0 Å². The fourth-order valence-corrected chi connectivity index (χ4v) is 2.96. The summed E-state index contributed by atoms with van der Waals surface area (Å²) in [6, 6.07) is 2.08. The summed E-state index contributed by atoms with van der Waals surface area (Å²) >= 11 is 0. The molecule has 0 radical (unpaired) electrons. The van der Waals surface area contributed by atoms with Gasteiger partial charge in [0.15, 0.2) is 0 Å². The number of aliphatic hydroxyl groups is 1. The lowest BCUT2D eigenvalue weighted by atomic mass is 10.2. The van der Waals surface area contributed by atoms with Gasteiger partial charge in [0.2, 0.25) is 0 Å². The standard InChI is InChI=1S/C15H24N6O/c1-13-11-14(21-15(18-13)16-12-17-21)20-8-6-19(7-9-20)5-3-2-4-10-22/h11-12,22H,2-10H2,1H3. The van der Waals surface area contributed by atoms with Crippen LogP contribution in [0, 0.1) is 6.92 Å². The zero-order chi connectivity index (χ0) is 15.4. The number of aryl methyl sites for hydroxylation is 1. The number of rotatable bonds is 6. The quantitative estimate of drug-likeness (QED) is 0.793. The van der Waals surface area contributed by atoms with Crippen molar-refractivity contribution < 1.29 is 5.11 Å². The number of piperazine rings is 1. The minimum atomic E-state index is 0.309. The molecule has 22 heavy (non-hydrogen) atoms. The van der Waals surface area contributed by atoms with Crippen LogP contribution in [0.3, 0.4) is 0 Å². The van der Waals surface area contributed by atoms with E-state index in [1.54, 1.807) is 6.33 Å². The van der Waals surface area contributed by atoms with Gasteiger partial charge in [0, 0.05) is 44.5 Å². The highest BCUT2D eigenvalue weighted by Crippen LogP contribution is 2.18. The van der Waals surface area contributed by atoms with Crippen LogP contribution in [0.15, 0.2) is 12.4 Å². The summed E-state index contributed by atoms with van der Waals surface area (Å²) < 4.78 is 1.82. The summed E-state index contributed by atoms with van der Waals surface area (Å²) in [5.74, 6) is 1.75. The van der Waals surface area contributed by atoms with Crippen molar-refractivity contribution in [3.8, 4) is 0 Å². The van der Waals surface area contributed by atoms with E-state index in [0.717, 1.165) is 57.1 Å². The molecule has 3 heterocycles. The fraction of sp³-hybridized carbons (Fsp3) is 0.667. The van der Waals surface area contributed by atoms with Crippen LogP contribution in [0.25, 0.3) is 5.78 Å². The van der Waals surface area contributed by atoms with Gasteiger partial charge >= 0.3 is 0 Å². The van der Waals surface area contributed by atoms with Gasteiger partial charge in [-0.25, -0.2) is 4.98 Å². The van der Waals surface area contributed by atoms with Crippen LogP contribution >= 0.6 is 0 Å². The van der Waals surface area contributed by atoms with Gasteiger partial charge in [-0.1, -0.05) is 0 Å². The molecule has 2 aromatic rings. The molecule has 2 aromatic heterocycles. The van der Waals surface area contributed by atoms with Gasteiger partial charge in [0.25, 0.3) is 5.78 Å². The summed E-state index contributed by atoms with van der Waals surface area (Å²) in [4.78, 5) is 13.4. The minimum absolute atomic E-state index is 0.309. The molecule has 3 rings (SSSR count). The van der Waals surface area contributed by atoms with Gasteiger partial charge in [-0.3, -0.25) is 4.90 Å². The Hall–Kier alpha value is -1.73. The van der Waals surface area contributed by atoms with Crippen LogP contribution < -0.4 is 4.90 Å². The predicted molar refractivity (Wildman–Crippen MR) is 85.1 cm³/mol. The summed E-state index contributed by atoms with van der Waals surface area (Å²) in [7, 11) is 0. The number of aromatic nitrogens is 4. The molecule has 0 saturated carbocycles. The smallest absolute Gasteiger partial charge is 0.254 e. The van der Waals surface area contributed by atoms with Gasteiger partial charge in [-0.2, -0.15) is 14.6 Å². The Kier molecular flexibility index (Phi) is 4.84. The molecule has 1 aliphatic heterocycles. The van der Waals surface area contributed by atoms with Crippen LogP contribution in [-0.2, 0) is 0 Å². The van der Waals surface area contributed by atoms with Crippen molar-refractivity contribution in [1.82, 2.24) is 24.5 Å². The van der Waals surface area contributed by atoms with Gasteiger partial charge in [0.1, 0.15) is 12.1 Å². The van der Waals surface area contributed by atoms with Crippen molar-refractivity contribution in [1.29, 1.82) is 0 Å². The molecule has 0 amide bonds. The molecular formula is C15H24N6O. The van der Waals surface area contributed by atoms with Crippen LogP contribution in [0.5, 0.6) is 0 Å². The Morgan fingerprint density at radius 2 is 1.95 bits per heavy atom. The zero-order valence-corrected chi connectivity index (χ0v) is 13.1. The Morgan fingerprint density at radius 3 is 2.73 bits per heavy atom. The third-order valence-corrected chi connectivity index (χ3v) is 4.19. The monoisotopic (exact) mass is 304 g/mol. The minimum Gasteiger partial charge on any atom is -0.396 e. The van der Waals surface area contributed by atoms with Crippen LogP contribution in [0.4, 0.5) is 5.82 Å². The summed E-state index contributed by atoms with van der Waals surface area (Å²) in [6.07, 6.45) is 4.76. The molecule has 0 bridgehead atoms. The van der Waals surface area contributed by atoms with Crippen molar-refractivity contribution in [3.63, 3.8) is 0 Å². The van der Waals surface area contributed by atoms with Gasteiger partial charge in [-0.05, 0) is 32.7 Å². The third-order valence-electron chi connectivity index (χ3n) is 4.19. The highest BCUT2D eigenvalue weighted by atomic mass is 16.2. The number of unbranched alkanes of at least 4 members (excludes halogenated alkanes) is 2. The zero-order valence-electron chi connectivity index (χ0n) is 13.1. The Labute approximate surface area is 130 Å². The third kappa shape index (κ3) is 3.36. The van der Waals surface area contributed by atoms with Crippen molar-refractivity contribution in [2.24, 2.45) is 0 Å². The lowest BCUT2D eigenvalue weighted by molar-refractivity contribution is 0.241. The van der Waals surface area contributed by atoms with Crippen molar-refractivity contribution in [2.45, 2.75) is 26.2 Å². The van der Waals surface area contributed by atoms with E-state index < -0.39 is 0 Å². The number of fused-ring (bicyclic) bond motifs is 1. The van der Waals surface area contributed by atoms with E-state index >= 15 is 0 Å². The maximum Gasteiger partial charge on any atom is 0.254 e. The molecule has 1 saturated heterocycles. The fourth-order valence-electron chi connectivity index (χ4n) is 2.96. The summed E-state index contributed by atoms with van der Waals surface area (Å²) in [5.41, 5.74) is 0.974. The van der Waals surface area contributed by atoms with Crippen LogP contribution in [0.1, 0.15) is 25.0 Å². The Bertz CT molecular complexity index is 605. The average Bonchev–Trinajstić information content (AvgIpc) is 2.99. The number of anilines is 1. The van der Waals surface area contributed by atoms with Gasteiger partial charge in [-0.15, -0.1) is 0 Å². The second-order valence-corrected chi connectivity index (χ2v) is 5.84. The molecular weight excluding hydrogens is 280 g/mol. The van der Waals surface area contributed by atoms with Crippen molar-refractivity contribution in [2.75, 3.05) is 44.2 Å². The average molecular weight is 304 g/mol. The van der Waals surface area contributed by atoms with E-state index in [0.29, 0.717) is 12.4 Å². The Balaban J connectivity index is 1.60. The van der Waals surface area contributed by atoms with Crippen LogP contribution in [-0.4, -0.2) is 68.9 Å². The molecule has 120 valence electrons. The molecule has 1 N–H and O–H groups in total. The summed E-state index contributed by atoms with van der Waals surface area (Å²) in [5, 5.41) is 13.1. The second kappa shape index (κ2) is 7.02. The normalized spacial score (nSPS) is 16.5. The number of nitrogens with zero attached hydrogens (tertiary/aromatic N) is 6. The van der Waals surface area contributed by atoms with E-state index in [1.165, 1.54) is 6.42 Å². The summed E-state index contributed by atoms with van der Waals surface area (Å²) in [6.45, 7) is 7.56. The second-order valence-electron chi connectivity index (χ2n) is 5.84. The lowest BCUT2D eigenvalue weighted by Crippen LogP contribution is -2.47. The predicted octanol–water partition coefficient (Wildman–Crippen LogP) is 0.717. The highest BCUT2D eigenvalue weighted by Gasteiger charge is 2.19. The van der Waals surface area contributed by atoms with Gasteiger partial charge < -0.3 is 10.0 Å².